The number of benzene rings is 1. The second kappa shape index (κ2) is 7.28. The van der Waals surface area contributed by atoms with Crippen LogP contribution in [0.5, 0.6) is 0 Å². The summed E-state index contributed by atoms with van der Waals surface area (Å²) in [7, 11) is 0. The molecule has 5 rings (SSSR count). The summed E-state index contributed by atoms with van der Waals surface area (Å²) in [4.78, 5) is 13.4. The fraction of sp³-hybridized carbons (Fsp3) is 0.0476. The maximum atomic E-state index is 13.2. The zero-order valence-corrected chi connectivity index (χ0v) is 15.6. The number of nitrogens with zero attached hydrogens (tertiary/aromatic N) is 7. The molecule has 5 aromatic rings. The zero-order chi connectivity index (χ0) is 20.5. The molecule has 0 saturated heterocycles. The Kier molecular flexibility index (Phi) is 4.32. The molecular formula is C21H15FN8. The van der Waals surface area contributed by atoms with Crippen molar-refractivity contribution in [3.05, 3.63) is 84.5 Å². The Balaban J connectivity index is 1.72. The highest BCUT2D eigenvalue weighted by Crippen LogP contribution is 2.34. The minimum Gasteiger partial charge on any atom is -0.368 e. The molecule has 0 aliphatic rings. The highest BCUT2D eigenvalue weighted by Gasteiger charge is 2.20. The summed E-state index contributed by atoms with van der Waals surface area (Å²) in [5.41, 5.74) is 10.5. The molecule has 0 atom stereocenters. The van der Waals surface area contributed by atoms with E-state index in [1.165, 1.54) is 16.8 Å². The lowest BCUT2D eigenvalue weighted by Gasteiger charge is -2.11. The summed E-state index contributed by atoms with van der Waals surface area (Å²) in [6.45, 7) is 0. The number of pyridine rings is 1. The van der Waals surface area contributed by atoms with Crippen LogP contribution < -0.4 is 5.73 Å². The Morgan fingerprint density at radius 2 is 1.77 bits per heavy atom. The van der Waals surface area contributed by atoms with Gasteiger partial charge in [0.25, 0.3) is 0 Å². The summed E-state index contributed by atoms with van der Waals surface area (Å²) in [5, 5.41) is 12.4. The van der Waals surface area contributed by atoms with Crippen molar-refractivity contribution in [1.82, 2.24) is 34.8 Å². The van der Waals surface area contributed by atoms with Gasteiger partial charge in [0.2, 0.25) is 5.95 Å². The van der Waals surface area contributed by atoms with Crippen molar-refractivity contribution in [2.45, 2.75) is 6.42 Å². The van der Waals surface area contributed by atoms with Crippen LogP contribution in [0.15, 0.2) is 67.1 Å². The first-order valence-electron chi connectivity index (χ1n) is 9.17. The minimum atomic E-state index is -0.393. The van der Waals surface area contributed by atoms with Gasteiger partial charge in [0.1, 0.15) is 5.82 Å². The summed E-state index contributed by atoms with van der Waals surface area (Å²) >= 11 is 0. The molecule has 8 nitrogen and oxygen atoms in total. The lowest BCUT2D eigenvalue weighted by Crippen LogP contribution is -2.06. The van der Waals surface area contributed by atoms with Crippen LogP contribution in [0.25, 0.3) is 28.0 Å². The van der Waals surface area contributed by atoms with Crippen molar-refractivity contribution < 1.29 is 4.39 Å². The van der Waals surface area contributed by atoms with Gasteiger partial charge >= 0.3 is 0 Å². The third kappa shape index (κ3) is 3.22. The molecule has 4 aromatic heterocycles. The second-order valence-corrected chi connectivity index (χ2v) is 6.60. The Morgan fingerprint density at radius 3 is 2.50 bits per heavy atom. The van der Waals surface area contributed by atoms with E-state index in [1.54, 1.807) is 18.5 Å². The number of nitrogen functional groups attached to an aromatic ring is 1. The molecule has 0 bridgehead atoms. The third-order valence-electron chi connectivity index (χ3n) is 4.60. The molecule has 0 spiro atoms. The van der Waals surface area contributed by atoms with Gasteiger partial charge in [-0.1, -0.05) is 30.3 Å². The van der Waals surface area contributed by atoms with Gasteiger partial charge in [-0.15, -0.1) is 5.10 Å². The van der Waals surface area contributed by atoms with Gasteiger partial charge in [-0.2, -0.15) is 14.7 Å². The molecule has 4 heterocycles. The van der Waals surface area contributed by atoms with Crippen LogP contribution in [0.1, 0.15) is 11.5 Å². The molecule has 9 heteroatoms. The number of nitrogens with two attached hydrogens (primary N) is 1. The molecule has 0 fully saturated rings. The van der Waals surface area contributed by atoms with E-state index in [0.29, 0.717) is 29.3 Å². The quantitative estimate of drug-likeness (QED) is 0.496. The number of aromatic nitrogens is 7. The van der Waals surface area contributed by atoms with Gasteiger partial charge in [0.15, 0.2) is 11.5 Å². The van der Waals surface area contributed by atoms with Crippen LogP contribution in [0, 0.1) is 5.82 Å². The Hall–Kier alpha value is -4.27. The van der Waals surface area contributed by atoms with Gasteiger partial charge in [0, 0.05) is 16.8 Å². The fourth-order valence-electron chi connectivity index (χ4n) is 3.26. The maximum Gasteiger partial charge on any atom is 0.223 e. The topological polar surface area (TPSA) is 108 Å². The molecule has 0 unspecified atom stereocenters. The van der Waals surface area contributed by atoms with Crippen molar-refractivity contribution in [2.75, 3.05) is 5.73 Å². The third-order valence-corrected chi connectivity index (χ3v) is 4.60. The molecule has 1 aromatic carbocycles. The van der Waals surface area contributed by atoms with Crippen LogP contribution >= 0.6 is 0 Å². The van der Waals surface area contributed by atoms with E-state index >= 15 is 0 Å². The zero-order valence-electron chi connectivity index (χ0n) is 15.6. The number of anilines is 1. The van der Waals surface area contributed by atoms with Gasteiger partial charge in [0.05, 0.1) is 36.3 Å². The van der Waals surface area contributed by atoms with Gasteiger partial charge in [-0.3, -0.25) is 4.98 Å². The van der Waals surface area contributed by atoms with E-state index < -0.39 is 5.82 Å². The van der Waals surface area contributed by atoms with E-state index in [1.807, 2.05) is 36.4 Å². The summed E-state index contributed by atoms with van der Waals surface area (Å²) in [5.74, 6) is 0.312. The largest absolute Gasteiger partial charge is 0.368 e. The molecule has 0 amide bonds. The van der Waals surface area contributed by atoms with Gasteiger partial charge in [-0.25, -0.2) is 14.4 Å². The van der Waals surface area contributed by atoms with Crippen LogP contribution in [0.4, 0.5) is 10.3 Å². The van der Waals surface area contributed by atoms with Crippen molar-refractivity contribution in [1.29, 1.82) is 0 Å². The lowest BCUT2D eigenvalue weighted by atomic mass is 10.0. The lowest BCUT2D eigenvalue weighted by molar-refractivity contribution is 0.619. The van der Waals surface area contributed by atoms with Gasteiger partial charge < -0.3 is 5.73 Å². The Morgan fingerprint density at radius 1 is 0.900 bits per heavy atom. The average molecular weight is 398 g/mol. The number of rotatable bonds is 4. The second-order valence-electron chi connectivity index (χ2n) is 6.60. The van der Waals surface area contributed by atoms with Crippen LogP contribution in [0.2, 0.25) is 0 Å². The number of halogens is 1. The molecule has 30 heavy (non-hydrogen) atoms. The van der Waals surface area contributed by atoms with E-state index in [2.05, 4.69) is 25.3 Å². The average Bonchev–Trinajstić information content (AvgIpc) is 3.20. The Labute approximate surface area is 170 Å². The molecular weight excluding hydrogens is 383 g/mol. The van der Waals surface area contributed by atoms with Crippen molar-refractivity contribution in [2.24, 2.45) is 0 Å². The predicted octanol–water partition coefficient (Wildman–Crippen LogP) is 2.96. The van der Waals surface area contributed by atoms with Crippen LogP contribution in [-0.4, -0.2) is 34.8 Å². The molecule has 146 valence electrons. The van der Waals surface area contributed by atoms with Crippen molar-refractivity contribution in [3.63, 3.8) is 0 Å². The van der Waals surface area contributed by atoms with Crippen LogP contribution in [-0.2, 0) is 6.42 Å². The summed E-state index contributed by atoms with van der Waals surface area (Å²) in [6, 6.07) is 14.5. The van der Waals surface area contributed by atoms with E-state index in [-0.39, 0.29) is 5.95 Å². The molecule has 0 radical (unpaired) electrons. The maximum absolute atomic E-state index is 13.2. The molecule has 0 saturated carbocycles. The summed E-state index contributed by atoms with van der Waals surface area (Å²) in [6.07, 6.45) is 4.75. The monoisotopic (exact) mass is 398 g/mol. The fourth-order valence-corrected chi connectivity index (χ4v) is 3.26. The minimum absolute atomic E-state index is 0.209. The van der Waals surface area contributed by atoms with E-state index in [9.17, 15) is 4.39 Å². The first kappa shape index (κ1) is 17.8. The van der Waals surface area contributed by atoms with Crippen molar-refractivity contribution in [3.8, 4) is 22.4 Å². The normalized spacial score (nSPS) is 11.1. The molecule has 2 N–H and O–H groups in total. The smallest absolute Gasteiger partial charge is 0.223 e. The number of hydrogen-bond acceptors (Lipinski definition) is 7. The number of hydrogen-bond donors (Lipinski definition) is 1. The predicted molar refractivity (Wildman–Crippen MR) is 109 cm³/mol. The van der Waals surface area contributed by atoms with Crippen molar-refractivity contribution >= 4 is 11.6 Å². The standard InChI is InChI=1S/C21H15FN8/c22-15-6-7-16(24-12-15)10-17-27-20-18(14-8-9-25-26-11-14)19(13-4-2-1-3-5-13)28-21(23)30(20)29-17/h1-9,11-12H,10H2,(H2,23,28). The highest BCUT2D eigenvalue weighted by atomic mass is 19.1. The first-order valence-corrected chi connectivity index (χ1v) is 9.17. The Bertz CT molecular complexity index is 1320. The van der Waals surface area contributed by atoms with E-state index in [0.717, 1.165) is 16.7 Å². The van der Waals surface area contributed by atoms with Gasteiger partial charge in [-0.05, 0) is 18.2 Å². The van der Waals surface area contributed by atoms with Crippen LogP contribution in [0.3, 0.4) is 0 Å². The highest BCUT2D eigenvalue weighted by molar-refractivity contribution is 5.90. The first-order chi connectivity index (χ1) is 14.7. The van der Waals surface area contributed by atoms with E-state index in [4.69, 9.17) is 10.7 Å². The number of fused-ring (bicyclic) bond motifs is 1. The molecule has 0 aliphatic heterocycles. The SMILES string of the molecule is Nc1nc(-c2ccccc2)c(-c2ccnnc2)c2nc(Cc3ccc(F)cn3)nn12. The summed E-state index contributed by atoms with van der Waals surface area (Å²) < 4.78 is 14.7. The molecule has 0 aliphatic carbocycles.